The minimum atomic E-state index is -0.602. The van der Waals surface area contributed by atoms with E-state index in [-0.39, 0.29) is 35.4 Å². The molecule has 8 rings (SSSR count). The molecule has 5 heterocycles. The van der Waals surface area contributed by atoms with Gasteiger partial charge in [-0.1, -0.05) is 54.6 Å². The van der Waals surface area contributed by atoms with Crippen LogP contribution in [0.3, 0.4) is 0 Å². The second kappa shape index (κ2) is 16.4. The minimum absolute atomic E-state index is 0.154. The van der Waals surface area contributed by atoms with Gasteiger partial charge in [0.2, 0.25) is 17.7 Å². The molecule has 2 atom stereocenters. The van der Waals surface area contributed by atoms with E-state index in [9.17, 15) is 19.5 Å². The van der Waals surface area contributed by atoms with Crippen molar-refractivity contribution in [3.05, 3.63) is 102 Å². The Morgan fingerprint density at radius 1 is 0.804 bits per heavy atom. The highest BCUT2D eigenvalue weighted by Gasteiger charge is 2.46. The third-order valence-electron chi connectivity index (χ3n) is 12.9. The van der Waals surface area contributed by atoms with Gasteiger partial charge in [-0.05, 0) is 92.8 Å². The highest BCUT2D eigenvalue weighted by molar-refractivity contribution is 6.01. The predicted octanol–water partition coefficient (Wildman–Crippen LogP) is 5.75. The maximum absolute atomic E-state index is 15.0. The Morgan fingerprint density at radius 3 is 2.25 bits per heavy atom. The van der Waals surface area contributed by atoms with E-state index in [2.05, 4.69) is 78.4 Å². The van der Waals surface area contributed by atoms with Crippen molar-refractivity contribution in [3.63, 3.8) is 0 Å². The van der Waals surface area contributed by atoms with Gasteiger partial charge in [-0.25, -0.2) is 0 Å². The van der Waals surface area contributed by atoms with Gasteiger partial charge in [0.05, 0.1) is 28.9 Å². The number of nitrogens with zero attached hydrogens (tertiary/aromatic N) is 6. The molecule has 1 aromatic heterocycles. The van der Waals surface area contributed by atoms with E-state index in [4.69, 9.17) is 0 Å². The molecule has 3 aromatic carbocycles. The van der Waals surface area contributed by atoms with Crippen LogP contribution in [0.4, 0.5) is 11.4 Å². The first-order valence-electron chi connectivity index (χ1n) is 20.4. The number of phenolic OH excluding ortho intramolecular Hbond substituents is 1. The first-order valence-corrected chi connectivity index (χ1v) is 20.4. The van der Waals surface area contributed by atoms with Crippen molar-refractivity contribution in [2.45, 2.75) is 69.2 Å². The normalized spacial score (nSPS) is 22.4. The summed E-state index contributed by atoms with van der Waals surface area (Å²) in [5, 5.41) is 21.5. The maximum atomic E-state index is 15.0. The van der Waals surface area contributed by atoms with Gasteiger partial charge in [-0.2, -0.15) is 10.2 Å². The van der Waals surface area contributed by atoms with Crippen molar-refractivity contribution in [1.82, 2.24) is 25.3 Å². The van der Waals surface area contributed by atoms with Gasteiger partial charge in [0, 0.05) is 76.1 Å². The number of hydrogen-bond donors (Lipinski definition) is 2. The summed E-state index contributed by atoms with van der Waals surface area (Å²) < 4.78 is 0. The molecule has 0 saturated carbocycles. The van der Waals surface area contributed by atoms with E-state index in [0.717, 1.165) is 75.3 Å². The number of carbonyl (C=O) groups is 3. The molecule has 4 aliphatic heterocycles. The Kier molecular flexibility index (Phi) is 11.0. The topological polar surface area (TPSA) is 122 Å². The fourth-order valence-electron chi connectivity index (χ4n) is 9.41. The van der Waals surface area contributed by atoms with E-state index in [1.807, 2.05) is 36.4 Å². The number of para-hydroxylation sites is 1. The molecule has 1 unspecified atom stereocenters. The van der Waals surface area contributed by atoms with Gasteiger partial charge in [0.15, 0.2) is 0 Å². The third kappa shape index (κ3) is 7.87. The molecule has 4 saturated heterocycles. The average Bonchev–Trinajstić information content (AvgIpc) is 3.42. The Morgan fingerprint density at radius 2 is 1.52 bits per heavy atom. The summed E-state index contributed by atoms with van der Waals surface area (Å²) in [6.45, 7) is 9.31. The van der Waals surface area contributed by atoms with E-state index in [1.54, 1.807) is 18.3 Å². The number of aromatic hydroxyl groups is 1. The van der Waals surface area contributed by atoms with Crippen molar-refractivity contribution >= 4 is 29.1 Å². The van der Waals surface area contributed by atoms with Gasteiger partial charge in [-0.3, -0.25) is 19.7 Å². The number of rotatable bonds is 8. The van der Waals surface area contributed by atoms with Gasteiger partial charge in [0.25, 0.3) is 0 Å². The van der Waals surface area contributed by atoms with Gasteiger partial charge in [0.1, 0.15) is 5.75 Å². The number of anilines is 2. The number of aromatic nitrogens is 2. The lowest BCUT2D eigenvalue weighted by atomic mass is 9.71. The second-order valence-corrected chi connectivity index (χ2v) is 16.2. The maximum Gasteiger partial charge on any atom is 0.234 e. The van der Waals surface area contributed by atoms with Crippen LogP contribution in [0.25, 0.3) is 11.3 Å². The number of imide groups is 1. The van der Waals surface area contributed by atoms with E-state index >= 15 is 0 Å². The van der Waals surface area contributed by atoms with Crippen molar-refractivity contribution in [1.29, 1.82) is 0 Å². The van der Waals surface area contributed by atoms with Crippen LogP contribution in [0, 0.1) is 5.92 Å². The summed E-state index contributed by atoms with van der Waals surface area (Å²) >= 11 is 0. The van der Waals surface area contributed by atoms with Gasteiger partial charge >= 0.3 is 0 Å². The number of amides is 3. The number of hydrogen-bond acceptors (Lipinski definition) is 9. The van der Waals surface area contributed by atoms with E-state index < -0.39 is 5.41 Å². The summed E-state index contributed by atoms with van der Waals surface area (Å²) in [6.07, 6.45) is 7.34. The molecule has 4 aromatic rings. The fraction of sp³-hybridized carbons (Fsp3) is 0.444. The summed E-state index contributed by atoms with van der Waals surface area (Å²) in [7, 11) is 0. The van der Waals surface area contributed by atoms with Crippen LogP contribution >= 0.6 is 0 Å². The zero-order valence-corrected chi connectivity index (χ0v) is 32.4. The Hall–Kier alpha value is -5.29. The average molecular weight is 756 g/mol. The quantitative estimate of drug-likeness (QED) is 0.217. The molecule has 0 spiro atoms. The van der Waals surface area contributed by atoms with Crippen LogP contribution in [0.15, 0.2) is 91.1 Å². The summed E-state index contributed by atoms with van der Waals surface area (Å²) in [6, 6.07) is 28.1. The number of phenols is 1. The largest absolute Gasteiger partial charge is 0.507 e. The van der Waals surface area contributed by atoms with Crippen molar-refractivity contribution in [3.8, 4) is 17.0 Å². The molecular formula is C45H53N7O4. The van der Waals surface area contributed by atoms with Crippen molar-refractivity contribution < 1.29 is 19.5 Å². The highest BCUT2D eigenvalue weighted by atomic mass is 16.3. The zero-order chi connectivity index (χ0) is 38.6. The van der Waals surface area contributed by atoms with Crippen LogP contribution in [0.2, 0.25) is 0 Å². The first kappa shape index (κ1) is 37.6. The molecule has 0 radical (unpaired) electrons. The third-order valence-corrected chi connectivity index (χ3v) is 12.9. The van der Waals surface area contributed by atoms with Crippen molar-refractivity contribution in [2.75, 3.05) is 62.2 Å². The van der Waals surface area contributed by atoms with Gasteiger partial charge < -0.3 is 24.7 Å². The Balaban J connectivity index is 0.881. The lowest BCUT2D eigenvalue weighted by Crippen LogP contribution is -2.55. The van der Waals surface area contributed by atoms with Crippen LogP contribution in [-0.2, 0) is 19.8 Å². The van der Waals surface area contributed by atoms with E-state index in [0.29, 0.717) is 55.9 Å². The fourth-order valence-corrected chi connectivity index (χ4v) is 9.41. The molecule has 11 nitrogen and oxygen atoms in total. The smallest absolute Gasteiger partial charge is 0.234 e. The molecular weight excluding hydrogens is 703 g/mol. The molecule has 292 valence electrons. The summed E-state index contributed by atoms with van der Waals surface area (Å²) in [4.78, 5) is 48.4. The van der Waals surface area contributed by atoms with Crippen molar-refractivity contribution in [2.24, 2.45) is 5.92 Å². The summed E-state index contributed by atoms with van der Waals surface area (Å²) in [5.74, 6) is 0.405. The highest BCUT2D eigenvalue weighted by Crippen LogP contribution is 2.40. The Bertz CT molecular complexity index is 2010. The molecule has 3 amide bonds. The SMILES string of the molecule is CC1CCN(CC2CCN(c3ccc([C@H]4CCC(=O)NC4=O)cc3)CC2)CCN1C(=O)C1(c2ccccc2)CCN(c2cnnc(-c3ccccc3O)c2)CC1. The lowest BCUT2D eigenvalue weighted by Gasteiger charge is -2.45. The molecule has 11 heteroatoms. The lowest BCUT2D eigenvalue weighted by molar-refractivity contribution is -0.140. The van der Waals surface area contributed by atoms with Crippen LogP contribution < -0.4 is 15.1 Å². The number of nitrogens with one attached hydrogen (secondary N) is 1. The molecule has 4 aliphatic rings. The molecule has 56 heavy (non-hydrogen) atoms. The number of piperidine rings is 3. The van der Waals surface area contributed by atoms with Crippen LogP contribution in [0.1, 0.15) is 68.9 Å². The molecule has 0 bridgehead atoms. The van der Waals surface area contributed by atoms with Crippen LogP contribution in [0.5, 0.6) is 5.75 Å². The second-order valence-electron chi connectivity index (χ2n) is 16.2. The number of carbonyl (C=O) groups excluding carboxylic acids is 3. The first-order chi connectivity index (χ1) is 27.3. The predicted molar refractivity (Wildman–Crippen MR) is 217 cm³/mol. The molecule has 4 fully saturated rings. The molecule has 2 N–H and O–H groups in total. The number of benzene rings is 3. The molecule has 0 aliphatic carbocycles. The standard InChI is InChI=1S/C45H53N7O4/c1-32-17-22-49(31-33-18-23-50(24-19-33)36-13-11-34(12-14-36)38-15-16-42(54)47-43(38)55)27-28-52(32)44(56)45(35-7-3-2-4-8-35)20-25-51(26-21-45)37-29-40(48-46-30-37)39-9-5-6-10-41(39)53/h2-14,29-30,32-33,38,53H,15-28,31H2,1H3,(H,47,54,55)/t32?,38-/m1/s1. The minimum Gasteiger partial charge on any atom is -0.507 e. The Labute approximate surface area is 329 Å². The summed E-state index contributed by atoms with van der Waals surface area (Å²) in [5.41, 5.74) is 4.87. The van der Waals surface area contributed by atoms with Crippen LogP contribution in [-0.4, -0.2) is 101 Å². The monoisotopic (exact) mass is 755 g/mol. The van der Waals surface area contributed by atoms with Gasteiger partial charge in [-0.15, -0.1) is 0 Å². The van der Waals surface area contributed by atoms with E-state index in [1.165, 1.54) is 5.69 Å². The zero-order valence-electron chi connectivity index (χ0n) is 32.4.